The molecule has 1 amide bonds. The van der Waals surface area contributed by atoms with Crippen molar-refractivity contribution in [1.82, 2.24) is 5.16 Å². The van der Waals surface area contributed by atoms with Crippen LogP contribution >= 0.6 is 0 Å². The number of hydrogen-bond donors (Lipinski definition) is 2. The minimum absolute atomic E-state index is 0.144. The minimum Gasteiger partial charge on any atom is -0.502 e. The lowest BCUT2D eigenvalue weighted by Gasteiger charge is -2.04. The Bertz CT molecular complexity index is 594. The van der Waals surface area contributed by atoms with Crippen molar-refractivity contribution in [3.05, 3.63) is 46.2 Å². The van der Waals surface area contributed by atoms with Gasteiger partial charge in [-0.3, -0.25) is 14.9 Å². The van der Waals surface area contributed by atoms with Gasteiger partial charge >= 0.3 is 5.69 Å². The molecule has 2 rings (SSSR count). The van der Waals surface area contributed by atoms with Crippen LogP contribution in [0.2, 0.25) is 0 Å². The molecule has 1 aromatic heterocycles. The first-order valence-corrected chi connectivity index (χ1v) is 4.77. The van der Waals surface area contributed by atoms with Crippen molar-refractivity contribution < 1.29 is 19.3 Å². The molecule has 0 saturated carbocycles. The Kier molecular flexibility index (Phi) is 2.92. The number of phenolic OH excluding ortho intramolecular Hbond substituents is 1. The number of hydrogen-bond acceptors (Lipinski definition) is 6. The number of amides is 1. The quantitative estimate of drug-likeness (QED) is 0.629. The average molecular weight is 249 g/mol. The van der Waals surface area contributed by atoms with E-state index in [0.29, 0.717) is 0 Å². The number of aromatic hydroxyl groups is 1. The van der Waals surface area contributed by atoms with Crippen molar-refractivity contribution in [1.29, 1.82) is 0 Å². The number of nitro groups is 1. The fraction of sp³-hybridized carbons (Fsp3) is 0. The Hall–Kier alpha value is -2.90. The maximum atomic E-state index is 11.7. The SMILES string of the molecule is O=C(Nc1ccon1)c1cccc([N+](=O)[O-])c1O. The predicted octanol–water partition coefficient (Wildman–Crippen LogP) is 1.54. The molecule has 0 aliphatic rings. The van der Waals surface area contributed by atoms with E-state index in [1.165, 1.54) is 24.5 Å². The van der Waals surface area contributed by atoms with E-state index in [-0.39, 0.29) is 11.4 Å². The lowest BCUT2D eigenvalue weighted by Crippen LogP contribution is -2.12. The molecule has 18 heavy (non-hydrogen) atoms. The summed E-state index contributed by atoms with van der Waals surface area (Å²) >= 11 is 0. The molecule has 1 aromatic carbocycles. The van der Waals surface area contributed by atoms with Gasteiger partial charge in [-0.15, -0.1) is 0 Å². The standard InChI is InChI=1S/C10H7N3O5/c14-9-6(2-1-3-7(9)13(16)17)10(15)11-8-4-5-18-12-8/h1-5,14H,(H,11,12,15). The summed E-state index contributed by atoms with van der Waals surface area (Å²) in [7, 11) is 0. The van der Waals surface area contributed by atoms with Crippen LogP contribution < -0.4 is 5.32 Å². The number of nitrogens with one attached hydrogen (secondary N) is 1. The first kappa shape index (κ1) is 11.6. The third-order valence-electron chi connectivity index (χ3n) is 2.14. The molecule has 0 saturated heterocycles. The second kappa shape index (κ2) is 4.53. The smallest absolute Gasteiger partial charge is 0.311 e. The molecule has 1 heterocycles. The summed E-state index contributed by atoms with van der Waals surface area (Å²) in [4.78, 5) is 21.6. The molecule has 0 radical (unpaired) electrons. The van der Waals surface area contributed by atoms with E-state index in [4.69, 9.17) is 0 Å². The lowest BCUT2D eigenvalue weighted by atomic mass is 10.1. The fourth-order valence-corrected chi connectivity index (χ4v) is 1.32. The average Bonchev–Trinajstić information content (AvgIpc) is 2.81. The third kappa shape index (κ3) is 2.12. The Morgan fingerprint density at radius 2 is 2.22 bits per heavy atom. The van der Waals surface area contributed by atoms with E-state index < -0.39 is 22.3 Å². The third-order valence-corrected chi connectivity index (χ3v) is 2.14. The number of carbonyl (C=O) groups is 1. The second-order valence-electron chi connectivity index (χ2n) is 3.27. The molecular formula is C10H7N3O5. The van der Waals surface area contributed by atoms with Gasteiger partial charge < -0.3 is 14.9 Å². The molecule has 0 unspecified atom stereocenters. The zero-order chi connectivity index (χ0) is 13.1. The molecule has 0 bridgehead atoms. The fourth-order valence-electron chi connectivity index (χ4n) is 1.32. The molecule has 8 heteroatoms. The summed E-state index contributed by atoms with van der Waals surface area (Å²) < 4.78 is 4.51. The highest BCUT2D eigenvalue weighted by molar-refractivity contribution is 6.06. The van der Waals surface area contributed by atoms with Crippen LogP contribution in [0.25, 0.3) is 0 Å². The van der Waals surface area contributed by atoms with Crippen molar-refractivity contribution >= 4 is 17.4 Å². The van der Waals surface area contributed by atoms with Crippen LogP contribution in [0.4, 0.5) is 11.5 Å². The van der Waals surface area contributed by atoms with Crippen molar-refractivity contribution in [3.8, 4) is 5.75 Å². The van der Waals surface area contributed by atoms with Crippen LogP contribution in [0.15, 0.2) is 35.1 Å². The molecular weight excluding hydrogens is 242 g/mol. The van der Waals surface area contributed by atoms with E-state index >= 15 is 0 Å². The van der Waals surface area contributed by atoms with Gasteiger partial charge in [0.25, 0.3) is 5.91 Å². The van der Waals surface area contributed by atoms with E-state index in [1.54, 1.807) is 0 Å². The van der Waals surface area contributed by atoms with Gasteiger partial charge in [0, 0.05) is 12.1 Å². The lowest BCUT2D eigenvalue weighted by molar-refractivity contribution is -0.385. The van der Waals surface area contributed by atoms with E-state index in [2.05, 4.69) is 15.0 Å². The Morgan fingerprint density at radius 1 is 1.44 bits per heavy atom. The highest BCUT2D eigenvalue weighted by Crippen LogP contribution is 2.29. The molecule has 2 aromatic rings. The van der Waals surface area contributed by atoms with Gasteiger partial charge in [0.15, 0.2) is 5.82 Å². The second-order valence-corrected chi connectivity index (χ2v) is 3.27. The summed E-state index contributed by atoms with van der Waals surface area (Å²) in [5.41, 5.74) is -0.755. The van der Waals surface area contributed by atoms with Crippen LogP contribution in [0.1, 0.15) is 10.4 Å². The van der Waals surface area contributed by atoms with E-state index in [9.17, 15) is 20.0 Å². The van der Waals surface area contributed by atoms with Gasteiger partial charge in [0.2, 0.25) is 5.75 Å². The highest BCUT2D eigenvalue weighted by Gasteiger charge is 2.21. The summed E-state index contributed by atoms with van der Waals surface area (Å²) in [6.07, 6.45) is 1.25. The van der Waals surface area contributed by atoms with Crippen LogP contribution in [-0.4, -0.2) is 21.1 Å². The largest absolute Gasteiger partial charge is 0.502 e. The number of benzene rings is 1. The van der Waals surface area contributed by atoms with Gasteiger partial charge in [0.1, 0.15) is 6.26 Å². The molecule has 0 atom stereocenters. The van der Waals surface area contributed by atoms with E-state index in [1.807, 2.05) is 0 Å². The minimum atomic E-state index is -0.776. The molecule has 2 N–H and O–H groups in total. The number of phenols is 1. The summed E-state index contributed by atoms with van der Waals surface area (Å²) in [6.45, 7) is 0. The maximum Gasteiger partial charge on any atom is 0.311 e. The number of para-hydroxylation sites is 1. The molecule has 8 nitrogen and oxygen atoms in total. The zero-order valence-electron chi connectivity index (χ0n) is 8.86. The summed E-state index contributed by atoms with van der Waals surface area (Å²) in [5, 5.41) is 26.0. The zero-order valence-corrected chi connectivity index (χ0v) is 8.86. The van der Waals surface area contributed by atoms with Gasteiger partial charge in [-0.05, 0) is 6.07 Å². The highest BCUT2D eigenvalue weighted by atomic mass is 16.6. The van der Waals surface area contributed by atoms with Crippen molar-refractivity contribution in [2.45, 2.75) is 0 Å². The number of rotatable bonds is 3. The summed E-state index contributed by atoms with van der Waals surface area (Å²) in [5.74, 6) is -1.26. The normalized spacial score (nSPS) is 10.0. The van der Waals surface area contributed by atoms with Crippen molar-refractivity contribution in [3.63, 3.8) is 0 Å². The first-order valence-electron chi connectivity index (χ1n) is 4.77. The number of anilines is 1. The Labute approximate surface area is 100.0 Å². The van der Waals surface area contributed by atoms with Gasteiger partial charge in [0.05, 0.1) is 10.5 Å². The predicted molar refractivity (Wildman–Crippen MR) is 59.2 cm³/mol. The van der Waals surface area contributed by atoms with Crippen molar-refractivity contribution in [2.75, 3.05) is 5.32 Å². The number of nitrogens with zero attached hydrogens (tertiary/aromatic N) is 2. The molecule has 0 fully saturated rings. The Balaban J connectivity index is 2.31. The topological polar surface area (TPSA) is 119 Å². The Morgan fingerprint density at radius 3 is 2.83 bits per heavy atom. The number of carbonyl (C=O) groups excluding carboxylic acids is 1. The first-order chi connectivity index (χ1) is 8.59. The maximum absolute atomic E-state index is 11.7. The van der Waals surface area contributed by atoms with Gasteiger partial charge in [-0.2, -0.15) is 0 Å². The van der Waals surface area contributed by atoms with Crippen LogP contribution in [0, 0.1) is 10.1 Å². The van der Waals surface area contributed by atoms with Crippen LogP contribution in [-0.2, 0) is 0 Å². The molecule has 0 spiro atoms. The van der Waals surface area contributed by atoms with Crippen LogP contribution in [0.3, 0.4) is 0 Å². The van der Waals surface area contributed by atoms with E-state index in [0.717, 1.165) is 6.07 Å². The number of nitro benzene ring substituents is 1. The molecule has 0 aliphatic carbocycles. The number of aromatic nitrogens is 1. The summed E-state index contributed by atoms with van der Waals surface area (Å²) in [6, 6.07) is 5.06. The van der Waals surface area contributed by atoms with Crippen LogP contribution in [0.5, 0.6) is 5.75 Å². The van der Waals surface area contributed by atoms with Gasteiger partial charge in [-0.25, -0.2) is 0 Å². The molecule has 92 valence electrons. The van der Waals surface area contributed by atoms with Crippen molar-refractivity contribution in [2.24, 2.45) is 0 Å². The molecule has 0 aliphatic heterocycles. The van der Waals surface area contributed by atoms with Gasteiger partial charge in [-0.1, -0.05) is 11.2 Å². The monoisotopic (exact) mass is 249 g/mol.